The second kappa shape index (κ2) is 6.89. The number of nitrogens with one attached hydrogen (secondary N) is 2. The summed E-state index contributed by atoms with van der Waals surface area (Å²) < 4.78 is 27.1. The van der Waals surface area contributed by atoms with Crippen molar-refractivity contribution in [3.05, 3.63) is 41.0 Å². The third-order valence-electron chi connectivity index (χ3n) is 2.54. The van der Waals surface area contributed by atoms with Crippen LogP contribution in [-0.2, 0) is 23.1 Å². The largest absolute Gasteiger partial charge is 0.313 e. The molecular weight excluding hydrogens is 296 g/mol. The Bertz CT molecular complexity index is 640. The van der Waals surface area contributed by atoms with Crippen molar-refractivity contribution in [3.63, 3.8) is 0 Å². The standard InChI is InChI=1S/C12H16N4O2S2/c1-2-13-7-10-6-12(19-9-10)20(17,18)15-8-11-4-3-5-14-16-11/h3-6,9,13,15H,2,7-8H2,1H3. The van der Waals surface area contributed by atoms with E-state index in [-0.39, 0.29) is 6.54 Å². The first kappa shape index (κ1) is 15.0. The zero-order valence-electron chi connectivity index (χ0n) is 11.0. The molecule has 0 atom stereocenters. The van der Waals surface area contributed by atoms with Crippen LogP contribution in [0.3, 0.4) is 0 Å². The lowest BCUT2D eigenvalue weighted by Crippen LogP contribution is -2.23. The molecule has 0 unspecified atom stereocenters. The molecule has 0 saturated carbocycles. The van der Waals surface area contributed by atoms with Gasteiger partial charge in [0.2, 0.25) is 10.0 Å². The highest BCUT2D eigenvalue weighted by atomic mass is 32.2. The van der Waals surface area contributed by atoms with Crippen molar-refractivity contribution in [2.45, 2.75) is 24.2 Å². The zero-order chi connectivity index (χ0) is 14.4. The summed E-state index contributed by atoms with van der Waals surface area (Å²) in [4.78, 5) is 0. The van der Waals surface area contributed by atoms with Crippen LogP contribution in [-0.4, -0.2) is 25.2 Å². The van der Waals surface area contributed by atoms with Gasteiger partial charge in [-0.1, -0.05) is 6.92 Å². The third kappa shape index (κ3) is 4.07. The van der Waals surface area contributed by atoms with E-state index in [0.29, 0.717) is 16.4 Å². The van der Waals surface area contributed by atoms with Crippen LogP contribution < -0.4 is 10.0 Å². The van der Waals surface area contributed by atoms with Crippen LogP contribution in [0.1, 0.15) is 18.2 Å². The van der Waals surface area contributed by atoms with E-state index >= 15 is 0 Å². The fraction of sp³-hybridized carbons (Fsp3) is 0.333. The predicted molar refractivity (Wildman–Crippen MR) is 77.8 cm³/mol. The summed E-state index contributed by atoms with van der Waals surface area (Å²) in [5.74, 6) is 0. The molecule has 0 spiro atoms. The Labute approximate surface area is 122 Å². The molecule has 2 aromatic rings. The van der Waals surface area contributed by atoms with Gasteiger partial charge in [0, 0.05) is 12.7 Å². The Morgan fingerprint density at radius 2 is 2.20 bits per heavy atom. The van der Waals surface area contributed by atoms with Crippen LogP contribution in [0.4, 0.5) is 0 Å². The van der Waals surface area contributed by atoms with E-state index in [1.165, 1.54) is 11.3 Å². The van der Waals surface area contributed by atoms with Gasteiger partial charge >= 0.3 is 0 Å². The maximum atomic E-state index is 12.1. The number of thiophene rings is 1. The van der Waals surface area contributed by atoms with E-state index in [2.05, 4.69) is 20.2 Å². The molecule has 0 radical (unpaired) electrons. The smallest absolute Gasteiger partial charge is 0.250 e. The van der Waals surface area contributed by atoms with Gasteiger partial charge in [-0.05, 0) is 35.7 Å². The maximum absolute atomic E-state index is 12.1. The highest BCUT2D eigenvalue weighted by Gasteiger charge is 2.16. The third-order valence-corrected chi connectivity index (χ3v) is 5.43. The normalized spacial score (nSPS) is 11.7. The van der Waals surface area contributed by atoms with E-state index < -0.39 is 10.0 Å². The lowest BCUT2D eigenvalue weighted by molar-refractivity contribution is 0.582. The molecule has 0 fully saturated rings. The van der Waals surface area contributed by atoms with Crippen LogP contribution in [0.25, 0.3) is 0 Å². The molecule has 2 N–H and O–H groups in total. The minimum absolute atomic E-state index is 0.136. The number of aromatic nitrogens is 2. The Balaban J connectivity index is 2.01. The van der Waals surface area contributed by atoms with E-state index in [1.54, 1.807) is 24.4 Å². The van der Waals surface area contributed by atoms with Crippen LogP contribution in [0, 0.1) is 0 Å². The Hall–Kier alpha value is -1.35. The summed E-state index contributed by atoms with van der Waals surface area (Å²) in [7, 11) is -3.49. The van der Waals surface area contributed by atoms with Crippen molar-refractivity contribution < 1.29 is 8.42 Å². The lowest BCUT2D eigenvalue weighted by atomic mass is 10.3. The number of rotatable bonds is 7. The monoisotopic (exact) mass is 312 g/mol. The fourth-order valence-corrected chi connectivity index (χ4v) is 3.78. The van der Waals surface area contributed by atoms with Crippen molar-refractivity contribution in [1.29, 1.82) is 0 Å². The topological polar surface area (TPSA) is 84.0 Å². The van der Waals surface area contributed by atoms with Gasteiger partial charge in [-0.15, -0.1) is 11.3 Å². The molecular formula is C12H16N4O2S2. The van der Waals surface area contributed by atoms with Crippen LogP contribution in [0.5, 0.6) is 0 Å². The summed E-state index contributed by atoms with van der Waals surface area (Å²) in [6.45, 7) is 3.67. The van der Waals surface area contributed by atoms with Gasteiger partial charge < -0.3 is 5.32 Å². The summed E-state index contributed by atoms with van der Waals surface area (Å²) in [5.41, 5.74) is 1.55. The number of hydrogen-bond donors (Lipinski definition) is 2. The van der Waals surface area contributed by atoms with Gasteiger partial charge in [0.15, 0.2) is 0 Å². The first-order chi connectivity index (χ1) is 9.62. The zero-order valence-corrected chi connectivity index (χ0v) is 12.7. The molecule has 8 heteroatoms. The molecule has 0 aliphatic carbocycles. The Morgan fingerprint density at radius 3 is 2.90 bits per heavy atom. The summed E-state index contributed by atoms with van der Waals surface area (Å²) in [6.07, 6.45) is 1.55. The molecule has 2 rings (SSSR count). The van der Waals surface area contributed by atoms with Crippen LogP contribution in [0.2, 0.25) is 0 Å². The highest BCUT2D eigenvalue weighted by molar-refractivity contribution is 7.91. The van der Waals surface area contributed by atoms with Gasteiger partial charge in [-0.2, -0.15) is 10.2 Å². The molecule has 0 bridgehead atoms. The summed E-state index contributed by atoms with van der Waals surface area (Å²) in [6, 6.07) is 5.13. The minimum Gasteiger partial charge on any atom is -0.313 e. The molecule has 0 amide bonds. The van der Waals surface area contributed by atoms with Crippen LogP contribution >= 0.6 is 11.3 Å². The number of nitrogens with zero attached hydrogens (tertiary/aromatic N) is 2. The van der Waals surface area contributed by atoms with E-state index in [4.69, 9.17) is 0 Å². The average molecular weight is 312 g/mol. The fourth-order valence-electron chi connectivity index (χ4n) is 1.52. The van der Waals surface area contributed by atoms with Crippen molar-refractivity contribution in [2.75, 3.05) is 6.54 Å². The van der Waals surface area contributed by atoms with E-state index in [0.717, 1.165) is 12.1 Å². The van der Waals surface area contributed by atoms with Crippen LogP contribution in [0.15, 0.2) is 34.0 Å². The molecule has 0 aliphatic rings. The summed E-state index contributed by atoms with van der Waals surface area (Å²) >= 11 is 1.22. The molecule has 6 nitrogen and oxygen atoms in total. The first-order valence-electron chi connectivity index (χ1n) is 6.16. The molecule has 2 heterocycles. The second-order valence-electron chi connectivity index (χ2n) is 4.09. The molecule has 0 saturated heterocycles. The molecule has 108 valence electrons. The number of sulfonamides is 1. The summed E-state index contributed by atoms with van der Waals surface area (Å²) in [5, 5.41) is 12.6. The van der Waals surface area contributed by atoms with Gasteiger partial charge in [-0.3, -0.25) is 0 Å². The Morgan fingerprint density at radius 1 is 1.35 bits per heavy atom. The van der Waals surface area contributed by atoms with Crippen molar-refractivity contribution in [3.8, 4) is 0 Å². The molecule has 0 aromatic carbocycles. The van der Waals surface area contributed by atoms with E-state index in [9.17, 15) is 8.42 Å². The van der Waals surface area contributed by atoms with Crippen molar-refractivity contribution >= 4 is 21.4 Å². The van der Waals surface area contributed by atoms with Crippen molar-refractivity contribution in [2.24, 2.45) is 0 Å². The number of hydrogen-bond acceptors (Lipinski definition) is 6. The molecule has 2 aromatic heterocycles. The second-order valence-corrected chi connectivity index (χ2v) is 7.00. The Kier molecular flexibility index (Phi) is 5.18. The minimum atomic E-state index is -3.49. The van der Waals surface area contributed by atoms with Gasteiger partial charge in [0.05, 0.1) is 12.2 Å². The highest BCUT2D eigenvalue weighted by Crippen LogP contribution is 2.20. The SMILES string of the molecule is CCNCc1csc(S(=O)(=O)NCc2cccnn2)c1. The van der Waals surface area contributed by atoms with Gasteiger partial charge in [0.1, 0.15) is 4.21 Å². The average Bonchev–Trinajstić information content (AvgIpc) is 2.94. The molecule has 20 heavy (non-hydrogen) atoms. The van der Waals surface area contributed by atoms with E-state index in [1.807, 2.05) is 12.3 Å². The van der Waals surface area contributed by atoms with Gasteiger partial charge in [-0.25, -0.2) is 13.1 Å². The van der Waals surface area contributed by atoms with Gasteiger partial charge in [0.25, 0.3) is 0 Å². The maximum Gasteiger partial charge on any atom is 0.250 e. The molecule has 0 aliphatic heterocycles. The predicted octanol–water partition coefficient (Wildman–Crippen LogP) is 1.13. The first-order valence-corrected chi connectivity index (χ1v) is 8.52. The lowest BCUT2D eigenvalue weighted by Gasteiger charge is -2.03. The quantitative estimate of drug-likeness (QED) is 0.800. The van der Waals surface area contributed by atoms with Crippen molar-refractivity contribution in [1.82, 2.24) is 20.2 Å².